The highest BCUT2D eigenvalue weighted by atomic mass is 127. The van der Waals surface area contributed by atoms with Gasteiger partial charge in [-0.2, -0.15) is 0 Å². The van der Waals surface area contributed by atoms with E-state index in [0.29, 0.717) is 0 Å². The molecule has 60 valence electrons. The summed E-state index contributed by atoms with van der Waals surface area (Å²) in [5.41, 5.74) is 9.31. The van der Waals surface area contributed by atoms with E-state index in [-0.39, 0.29) is 0 Å². The number of halogens is 1. The van der Waals surface area contributed by atoms with Crippen LogP contribution in [0.5, 0.6) is 0 Å². The van der Waals surface area contributed by atoms with Gasteiger partial charge in [-0.3, -0.25) is 0 Å². The summed E-state index contributed by atoms with van der Waals surface area (Å²) in [5, 5.41) is 0. The summed E-state index contributed by atoms with van der Waals surface area (Å²) in [4.78, 5) is 0. The number of benzene rings is 1. The first-order chi connectivity index (χ1) is 5.15. The molecule has 0 aliphatic heterocycles. The Labute approximate surface area is 81.1 Å². The van der Waals surface area contributed by atoms with Crippen molar-refractivity contribution in [1.29, 1.82) is 0 Å². The van der Waals surface area contributed by atoms with E-state index in [1.54, 1.807) is 0 Å². The maximum Gasteiger partial charge on any atom is 0.0452 e. The molecule has 2 heteroatoms. The summed E-state index contributed by atoms with van der Waals surface area (Å²) in [6.45, 7) is 4.26. The Bertz CT molecular complexity index is 269. The summed E-state index contributed by atoms with van der Waals surface area (Å²) in [5.74, 6) is 0. The second-order valence-electron chi connectivity index (χ2n) is 2.65. The quantitative estimate of drug-likeness (QED) is 0.610. The predicted molar refractivity (Wildman–Crippen MR) is 57.7 cm³/mol. The number of rotatable bonds is 1. The molecule has 1 nitrogen and oxygen atoms in total. The van der Waals surface area contributed by atoms with Crippen LogP contribution < -0.4 is 5.73 Å². The molecular weight excluding hydrogens is 249 g/mol. The van der Waals surface area contributed by atoms with Gasteiger partial charge in [0.05, 0.1) is 0 Å². The largest absolute Gasteiger partial charge is 0.398 e. The lowest BCUT2D eigenvalue weighted by Gasteiger charge is -2.05. The first-order valence-electron chi connectivity index (χ1n) is 3.69. The van der Waals surface area contributed by atoms with Gasteiger partial charge in [0.1, 0.15) is 0 Å². The van der Waals surface area contributed by atoms with E-state index in [1.165, 1.54) is 11.1 Å². The topological polar surface area (TPSA) is 26.0 Å². The van der Waals surface area contributed by atoms with E-state index in [4.69, 9.17) is 5.73 Å². The van der Waals surface area contributed by atoms with Gasteiger partial charge in [0.15, 0.2) is 0 Å². The molecule has 0 fully saturated rings. The van der Waals surface area contributed by atoms with E-state index in [0.717, 1.165) is 15.7 Å². The smallest absolute Gasteiger partial charge is 0.0452 e. The Morgan fingerprint density at radius 3 is 2.64 bits per heavy atom. The number of nitrogen functional groups attached to an aromatic ring is 1. The molecule has 0 heterocycles. The van der Waals surface area contributed by atoms with Crippen LogP contribution in [-0.4, -0.2) is 0 Å². The zero-order valence-electron chi connectivity index (χ0n) is 6.82. The molecular formula is C9H12IN. The second-order valence-corrected chi connectivity index (χ2v) is 3.82. The summed E-state index contributed by atoms with van der Waals surface area (Å²) < 4.78 is 1.16. The zero-order chi connectivity index (χ0) is 8.43. The van der Waals surface area contributed by atoms with Crippen LogP contribution in [0.2, 0.25) is 0 Å². The number of aryl methyl sites for hydroxylation is 2. The number of nitrogens with two attached hydrogens (primary N) is 1. The van der Waals surface area contributed by atoms with Gasteiger partial charge >= 0.3 is 0 Å². The normalized spacial score (nSPS) is 10.1. The van der Waals surface area contributed by atoms with Crippen LogP contribution in [0.25, 0.3) is 0 Å². The number of hydrogen-bond donors (Lipinski definition) is 1. The first kappa shape index (κ1) is 8.84. The highest BCUT2D eigenvalue weighted by Crippen LogP contribution is 2.20. The second kappa shape index (κ2) is 3.43. The molecule has 0 aliphatic rings. The minimum absolute atomic E-state index is 0.889. The average Bonchev–Trinajstić information content (AvgIpc) is 1.97. The van der Waals surface area contributed by atoms with Gasteiger partial charge in [-0.15, -0.1) is 0 Å². The standard InChI is InChI=1S/C9H12IN/c1-3-7-5-8(10)9(11)4-6(7)2/h4-5H,3,11H2,1-2H3. The fourth-order valence-corrected chi connectivity index (χ4v) is 1.66. The van der Waals surface area contributed by atoms with Crippen molar-refractivity contribution in [3.63, 3.8) is 0 Å². The van der Waals surface area contributed by atoms with Crippen molar-refractivity contribution in [2.45, 2.75) is 20.3 Å². The number of anilines is 1. The Kier molecular flexibility index (Phi) is 2.76. The molecule has 0 unspecified atom stereocenters. The number of hydrogen-bond acceptors (Lipinski definition) is 1. The summed E-state index contributed by atoms with van der Waals surface area (Å²) in [6, 6.07) is 4.20. The highest BCUT2D eigenvalue weighted by Gasteiger charge is 2.00. The Morgan fingerprint density at radius 1 is 1.45 bits per heavy atom. The molecule has 11 heavy (non-hydrogen) atoms. The Balaban J connectivity index is 3.21. The van der Waals surface area contributed by atoms with Crippen LogP contribution in [0.1, 0.15) is 18.1 Å². The molecule has 1 aromatic carbocycles. The molecule has 0 aliphatic carbocycles. The van der Waals surface area contributed by atoms with E-state index in [9.17, 15) is 0 Å². The van der Waals surface area contributed by atoms with Gasteiger partial charge in [-0.1, -0.05) is 6.92 Å². The Morgan fingerprint density at radius 2 is 2.09 bits per heavy atom. The van der Waals surface area contributed by atoms with Gasteiger partial charge in [0.25, 0.3) is 0 Å². The lowest BCUT2D eigenvalue weighted by atomic mass is 10.1. The molecule has 0 amide bonds. The minimum atomic E-state index is 0.889. The maximum absolute atomic E-state index is 5.74. The van der Waals surface area contributed by atoms with Crippen molar-refractivity contribution in [3.05, 3.63) is 26.8 Å². The molecule has 0 radical (unpaired) electrons. The zero-order valence-corrected chi connectivity index (χ0v) is 8.97. The van der Waals surface area contributed by atoms with Crippen molar-refractivity contribution in [2.75, 3.05) is 5.73 Å². The molecule has 0 aromatic heterocycles. The minimum Gasteiger partial charge on any atom is -0.398 e. The van der Waals surface area contributed by atoms with E-state index in [2.05, 4.69) is 42.5 Å². The van der Waals surface area contributed by atoms with Gasteiger partial charge in [-0.05, 0) is 59.2 Å². The third kappa shape index (κ3) is 1.86. The van der Waals surface area contributed by atoms with Crippen LogP contribution in [0, 0.1) is 10.5 Å². The molecule has 2 N–H and O–H groups in total. The monoisotopic (exact) mass is 261 g/mol. The summed E-state index contributed by atoms with van der Waals surface area (Å²) in [6.07, 6.45) is 1.09. The SMILES string of the molecule is CCc1cc(I)c(N)cc1C. The lowest BCUT2D eigenvalue weighted by molar-refractivity contribution is 1.11. The van der Waals surface area contributed by atoms with Crippen LogP contribution in [0.4, 0.5) is 5.69 Å². The molecule has 0 saturated heterocycles. The predicted octanol–water partition coefficient (Wildman–Crippen LogP) is 2.74. The average molecular weight is 261 g/mol. The van der Waals surface area contributed by atoms with Gasteiger partial charge in [-0.25, -0.2) is 0 Å². The van der Waals surface area contributed by atoms with Gasteiger partial charge in [0.2, 0.25) is 0 Å². The fraction of sp³-hybridized carbons (Fsp3) is 0.333. The Hall–Kier alpha value is -0.250. The van der Waals surface area contributed by atoms with Crippen LogP contribution in [0.3, 0.4) is 0 Å². The molecule has 0 saturated carbocycles. The lowest BCUT2D eigenvalue weighted by Crippen LogP contribution is -1.94. The van der Waals surface area contributed by atoms with E-state index >= 15 is 0 Å². The first-order valence-corrected chi connectivity index (χ1v) is 4.77. The molecule has 0 spiro atoms. The van der Waals surface area contributed by atoms with Crippen molar-refractivity contribution < 1.29 is 0 Å². The van der Waals surface area contributed by atoms with E-state index < -0.39 is 0 Å². The van der Waals surface area contributed by atoms with Crippen molar-refractivity contribution in [3.8, 4) is 0 Å². The fourth-order valence-electron chi connectivity index (χ4n) is 1.13. The van der Waals surface area contributed by atoms with Crippen LogP contribution in [0.15, 0.2) is 12.1 Å². The molecule has 1 aromatic rings. The summed E-state index contributed by atoms with van der Waals surface area (Å²) >= 11 is 2.26. The van der Waals surface area contributed by atoms with Gasteiger partial charge < -0.3 is 5.73 Å². The van der Waals surface area contributed by atoms with Gasteiger partial charge in [0, 0.05) is 9.26 Å². The van der Waals surface area contributed by atoms with Crippen LogP contribution >= 0.6 is 22.6 Å². The highest BCUT2D eigenvalue weighted by molar-refractivity contribution is 14.1. The van der Waals surface area contributed by atoms with Crippen molar-refractivity contribution >= 4 is 28.3 Å². The van der Waals surface area contributed by atoms with Crippen molar-refractivity contribution in [2.24, 2.45) is 0 Å². The van der Waals surface area contributed by atoms with E-state index in [1.807, 2.05) is 6.07 Å². The molecule has 0 atom stereocenters. The maximum atomic E-state index is 5.74. The van der Waals surface area contributed by atoms with Crippen molar-refractivity contribution in [1.82, 2.24) is 0 Å². The summed E-state index contributed by atoms with van der Waals surface area (Å²) in [7, 11) is 0. The molecule has 1 rings (SSSR count). The third-order valence-corrected chi connectivity index (χ3v) is 2.77. The van der Waals surface area contributed by atoms with Crippen LogP contribution in [-0.2, 0) is 6.42 Å². The third-order valence-electron chi connectivity index (χ3n) is 1.84. The molecule has 0 bridgehead atoms.